The molecule has 0 unspecified atom stereocenters. The zero-order valence-electron chi connectivity index (χ0n) is 24.3. The van der Waals surface area contributed by atoms with Crippen molar-refractivity contribution < 1.29 is 62.4 Å². The van der Waals surface area contributed by atoms with Crippen molar-refractivity contribution in [3.05, 3.63) is 117 Å². The number of aryl methyl sites for hydroxylation is 1. The zero-order valence-corrected chi connectivity index (χ0v) is 27.4. The van der Waals surface area contributed by atoms with E-state index in [1.165, 1.54) is 6.07 Å². The molecule has 15 heteroatoms. The van der Waals surface area contributed by atoms with Gasteiger partial charge in [0.05, 0.1) is 0 Å². The van der Waals surface area contributed by atoms with Crippen molar-refractivity contribution in [2.75, 3.05) is 0 Å². The molecule has 0 aliphatic heterocycles. The molecule has 46 heavy (non-hydrogen) atoms. The molecule has 0 aliphatic carbocycles. The average molecular weight is 727 g/mol. The van der Waals surface area contributed by atoms with Gasteiger partial charge in [-0.25, -0.2) is 45.1 Å². The first-order valence-electron chi connectivity index (χ1n) is 12.8. The van der Waals surface area contributed by atoms with Crippen LogP contribution in [0.2, 0.25) is 0 Å². The first kappa shape index (κ1) is 38.7. The average Bonchev–Trinajstić information content (AvgIpc) is 2.97. The first-order chi connectivity index (χ1) is 21.5. The molecule has 0 saturated heterocycles. The van der Waals surface area contributed by atoms with E-state index < -0.39 is 80.4 Å². The molecule has 244 valence electrons. The van der Waals surface area contributed by atoms with Gasteiger partial charge in [-0.15, -0.1) is 0 Å². The molecule has 0 heterocycles. The monoisotopic (exact) mass is 726 g/mol. The van der Waals surface area contributed by atoms with Crippen molar-refractivity contribution in [3.8, 4) is 11.5 Å². The number of para-hydroxylation sites is 2. The van der Waals surface area contributed by atoms with Gasteiger partial charge >= 0.3 is 35.6 Å². The number of halogens is 10. The van der Waals surface area contributed by atoms with Crippen LogP contribution in [0.1, 0.15) is 43.0 Å². The van der Waals surface area contributed by atoms with Crippen LogP contribution in [0.4, 0.5) is 46.5 Å². The quantitative estimate of drug-likeness (QED) is 0.0723. The van der Waals surface area contributed by atoms with Gasteiger partial charge in [0.2, 0.25) is 5.82 Å². The van der Waals surface area contributed by atoms with Gasteiger partial charge in [0.25, 0.3) is 0 Å². The number of aliphatic imine (C=N–C) groups is 2. The second kappa shape index (κ2) is 16.9. The van der Waals surface area contributed by atoms with Crippen molar-refractivity contribution in [3.63, 3.8) is 0 Å². The normalized spacial score (nSPS) is 11.3. The molecule has 0 radical (unpaired) electrons. The van der Waals surface area contributed by atoms with E-state index in [1.807, 2.05) is 20.8 Å². The van der Waals surface area contributed by atoms with Crippen LogP contribution in [-0.2, 0) is 22.4 Å². The van der Waals surface area contributed by atoms with Crippen LogP contribution < -0.4 is 0 Å². The molecule has 0 bridgehead atoms. The number of nitrogens with zero attached hydrogens (tertiary/aromatic N) is 2. The summed E-state index contributed by atoms with van der Waals surface area (Å²) >= 11 is -0.556. The van der Waals surface area contributed by atoms with Crippen LogP contribution in [-0.4, -0.2) is 22.6 Å². The van der Waals surface area contributed by atoms with Crippen molar-refractivity contribution in [1.29, 1.82) is 0 Å². The van der Waals surface area contributed by atoms with Crippen LogP contribution in [0.3, 0.4) is 0 Å². The van der Waals surface area contributed by atoms with E-state index in [4.69, 9.17) is 18.6 Å². The molecule has 0 fully saturated rings. The second-order valence-electron chi connectivity index (χ2n) is 10.2. The molecule has 0 atom stereocenters. The summed E-state index contributed by atoms with van der Waals surface area (Å²) < 4.78 is 106. The molecule has 0 spiro atoms. The van der Waals surface area contributed by atoms with E-state index in [-0.39, 0.29) is 17.1 Å². The maximum absolute atomic E-state index is 13.6. The van der Waals surface area contributed by atoms with Gasteiger partial charge in [-0.2, -0.15) is 0 Å². The molecular weight excluding hydrogens is 703 g/mol. The van der Waals surface area contributed by atoms with Crippen molar-refractivity contribution >= 4 is 42.4 Å². The molecule has 0 amide bonds. The summed E-state index contributed by atoms with van der Waals surface area (Å²) in [5, 5.41) is 19.9. The molecule has 4 rings (SSSR count). The Kier molecular flexibility index (Phi) is 14.2. The van der Waals surface area contributed by atoms with E-state index in [1.54, 1.807) is 37.3 Å². The SMILES string of the molecule is CC(C)(C)c1cccc(C=Nc2c(F)c(F)c(F)c(F)c2F)c1O.Cc1cccc(C=Nc2c(F)cc(F)cc2F)c1O.[Cl][Ti][Cl]. The van der Waals surface area contributed by atoms with Crippen LogP contribution in [0, 0.1) is 53.5 Å². The Morgan fingerprint density at radius 3 is 1.54 bits per heavy atom. The van der Waals surface area contributed by atoms with Gasteiger partial charge in [-0.1, -0.05) is 45.0 Å². The Morgan fingerprint density at radius 2 is 1.07 bits per heavy atom. The summed E-state index contributed by atoms with van der Waals surface area (Å²) in [6.07, 6.45) is 1.98. The number of benzene rings is 4. The van der Waals surface area contributed by atoms with Gasteiger partial charge in [0, 0.05) is 35.7 Å². The van der Waals surface area contributed by atoms with Gasteiger partial charge in [0.15, 0.2) is 34.9 Å². The van der Waals surface area contributed by atoms with Gasteiger partial charge in [-0.05, 0) is 35.6 Å². The molecule has 0 saturated carbocycles. The Hall–Kier alpha value is -3.45. The third-order valence-corrected chi connectivity index (χ3v) is 5.98. The number of phenols is 2. The summed E-state index contributed by atoms with van der Waals surface area (Å²) in [5.74, 6) is -13.9. The zero-order chi connectivity index (χ0) is 34.9. The summed E-state index contributed by atoms with van der Waals surface area (Å²) in [6.45, 7) is 7.21. The fraction of sp³-hybridized carbons (Fsp3) is 0.161. The second-order valence-corrected chi connectivity index (χ2v) is 12.8. The van der Waals surface area contributed by atoms with Gasteiger partial charge in [-0.3, -0.25) is 0 Å². The van der Waals surface area contributed by atoms with E-state index in [2.05, 4.69) is 9.98 Å². The number of rotatable bonds is 4. The Bertz CT molecular complexity index is 1710. The Labute approximate surface area is 275 Å². The number of hydrogen-bond acceptors (Lipinski definition) is 4. The first-order valence-corrected chi connectivity index (χ1v) is 17.1. The van der Waals surface area contributed by atoms with Gasteiger partial charge in [0.1, 0.15) is 28.7 Å². The molecule has 4 aromatic carbocycles. The summed E-state index contributed by atoms with van der Waals surface area (Å²) in [5.41, 5.74) is -0.755. The summed E-state index contributed by atoms with van der Waals surface area (Å²) in [6, 6.07) is 10.6. The van der Waals surface area contributed by atoms with E-state index in [9.17, 15) is 45.3 Å². The Balaban J connectivity index is 0.000000301. The van der Waals surface area contributed by atoms with Gasteiger partial charge < -0.3 is 10.2 Å². The topological polar surface area (TPSA) is 65.2 Å². The maximum atomic E-state index is 13.6. The number of hydrogen-bond donors (Lipinski definition) is 2. The van der Waals surface area contributed by atoms with Crippen LogP contribution in [0.15, 0.2) is 58.5 Å². The van der Waals surface area contributed by atoms with E-state index >= 15 is 0 Å². The summed E-state index contributed by atoms with van der Waals surface area (Å²) in [4.78, 5) is 6.96. The molecule has 4 aromatic rings. The number of aromatic hydroxyl groups is 2. The van der Waals surface area contributed by atoms with E-state index in [0.29, 0.717) is 28.8 Å². The summed E-state index contributed by atoms with van der Waals surface area (Å²) in [7, 11) is 9.78. The van der Waals surface area contributed by atoms with Crippen LogP contribution >= 0.6 is 18.6 Å². The third kappa shape index (κ3) is 9.78. The predicted octanol–water partition coefficient (Wildman–Crippen LogP) is 10.4. The minimum absolute atomic E-state index is 0.0193. The minimum atomic E-state index is -2.25. The van der Waals surface area contributed by atoms with Crippen molar-refractivity contribution in [2.24, 2.45) is 9.98 Å². The van der Waals surface area contributed by atoms with Crippen LogP contribution in [0.5, 0.6) is 11.5 Å². The Morgan fingerprint density at radius 1 is 0.652 bits per heavy atom. The molecule has 2 N–H and O–H groups in total. The predicted molar refractivity (Wildman–Crippen MR) is 158 cm³/mol. The fourth-order valence-corrected chi connectivity index (χ4v) is 3.69. The van der Waals surface area contributed by atoms with Crippen molar-refractivity contribution in [2.45, 2.75) is 33.1 Å². The molecular formula is C31H24Cl2F8N2O2Ti. The standard InChI is InChI=1S/C17H14F5NO.C14H10F3NO.2ClH.Ti/c1-17(2,3)9-6-4-5-8(16(9)24)7-23-15-13(21)11(19)10(18)12(20)14(15)22;1-8-3-2-4-9(14(8)19)7-18-13-11(16)5-10(15)6-12(13)17;;;/h4-7,24H,1-3H3;2-7,19H,1H3;2*1H;/q;;;;+2/p-2. The van der Waals surface area contributed by atoms with Crippen LogP contribution in [0.25, 0.3) is 0 Å². The third-order valence-electron chi connectivity index (χ3n) is 5.98. The van der Waals surface area contributed by atoms with Crippen molar-refractivity contribution in [1.82, 2.24) is 0 Å². The number of phenolic OH excluding ortho intramolecular Hbond substituents is 2. The molecule has 0 aliphatic rings. The van der Waals surface area contributed by atoms with E-state index in [0.717, 1.165) is 12.4 Å². The molecule has 0 aromatic heterocycles. The molecule has 4 nitrogen and oxygen atoms in total. The fourth-order valence-electron chi connectivity index (χ4n) is 3.69.